The molecule has 0 saturated heterocycles. The summed E-state index contributed by atoms with van der Waals surface area (Å²) < 4.78 is 17.4. The van der Waals surface area contributed by atoms with Gasteiger partial charge in [0.15, 0.2) is 0 Å². The number of benzene rings is 2. The van der Waals surface area contributed by atoms with Crippen molar-refractivity contribution in [1.82, 2.24) is 0 Å². The highest BCUT2D eigenvalue weighted by Crippen LogP contribution is 2.24. The van der Waals surface area contributed by atoms with Crippen molar-refractivity contribution in [1.29, 1.82) is 0 Å². The van der Waals surface area contributed by atoms with Crippen molar-refractivity contribution in [3.05, 3.63) is 64.1 Å². The number of halogens is 1. The van der Waals surface area contributed by atoms with Crippen LogP contribution in [0.2, 0.25) is 0 Å². The first kappa shape index (κ1) is 19.5. The quantitative estimate of drug-likeness (QED) is 0.614. The average Bonchev–Trinajstić information content (AvgIpc) is 2.54. The van der Waals surface area contributed by atoms with Crippen LogP contribution in [-0.2, 0) is 27.5 Å². The van der Waals surface area contributed by atoms with Crippen LogP contribution in [0, 0.1) is 0 Å². The van der Waals surface area contributed by atoms with Crippen LogP contribution in [0.3, 0.4) is 0 Å². The summed E-state index contributed by atoms with van der Waals surface area (Å²) in [5, 5.41) is 0. The third-order valence-corrected chi connectivity index (χ3v) is 3.94. The van der Waals surface area contributed by atoms with Gasteiger partial charge in [0.05, 0.1) is 6.61 Å². The van der Waals surface area contributed by atoms with Crippen LogP contribution in [0.5, 0.6) is 5.75 Å². The van der Waals surface area contributed by atoms with Gasteiger partial charge in [-0.25, -0.2) is 4.79 Å². The van der Waals surface area contributed by atoms with Crippen LogP contribution in [-0.4, -0.2) is 18.2 Å². The highest BCUT2D eigenvalue weighted by molar-refractivity contribution is 9.10. The standard InChI is InChI=1S/C20H23BrO4/c1-20(2,3)25-19(22)14-23-13-16-11-17(9-10-18(16)21)24-12-15-7-5-4-6-8-15/h4-11H,12-14H2,1-3H3. The Morgan fingerprint density at radius 3 is 2.44 bits per heavy atom. The van der Waals surface area contributed by atoms with E-state index in [1.807, 2.05) is 69.3 Å². The molecule has 0 bridgehead atoms. The number of esters is 1. The van der Waals surface area contributed by atoms with Crippen LogP contribution >= 0.6 is 15.9 Å². The van der Waals surface area contributed by atoms with E-state index < -0.39 is 5.60 Å². The molecule has 0 saturated carbocycles. The Bertz CT molecular complexity index is 693. The van der Waals surface area contributed by atoms with Crippen LogP contribution in [0.1, 0.15) is 31.9 Å². The monoisotopic (exact) mass is 406 g/mol. The Morgan fingerprint density at radius 1 is 1.04 bits per heavy atom. The van der Waals surface area contributed by atoms with Gasteiger partial charge < -0.3 is 14.2 Å². The molecule has 0 amide bonds. The number of rotatable bonds is 7. The van der Waals surface area contributed by atoms with E-state index in [4.69, 9.17) is 14.2 Å². The van der Waals surface area contributed by atoms with E-state index in [-0.39, 0.29) is 12.6 Å². The zero-order valence-electron chi connectivity index (χ0n) is 14.8. The third-order valence-electron chi connectivity index (χ3n) is 3.16. The first-order chi connectivity index (χ1) is 11.8. The lowest BCUT2D eigenvalue weighted by molar-refractivity contribution is -0.160. The number of carbonyl (C=O) groups excluding carboxylic acids is 1. The predicted molar refractivity (Wildman–Crippen MR) is 100 cm³/mol. The lowest BCUT2D eigenvalue weighted by Gasteiger charge is -2.19. The molecule has 134 valence electrons. The Morgan fingerprint density at radius 2 is 1.76 bits per heavy atom. The molecule has 0 spiro atoms. The Hall–Kier alpha value is -1.85. The molecule has 0 aliphatic heterocycles. The minimum atomic E-state index is -0.508. The first-order valence-corrected chi connectivity index (χ1v) is 8.87. The Labute approximate surface area is 157 Å². The van der Waals surface area contributed by atoms with Crippen molar-refractivity contribution < 1.29 is 19.0 Å². The van der Waals surface area contributed by atoms with Gasteiger partial charge in [0.2, 0.25) is 0 Å². The third kappa shape index (κ3) is 7.28. The molecule has 0 aliphatic rings. The predicted octanol–water partition coefficient (Wildman–Crippen LogP) is 4.89. The van der Waals surface area contributed by atoms with Gasteiger partial charge in [0.25, 0.3) is 0 Å². The maximum absolute atomic E-state index is 11.7. The van der Waals surface area contributed by atoms with Crippen molar-refractivity contribution >= 4 is 21.9 Å². The summed E-state index contributed by atoms with van der Waals surface area (Å²) in [5.74, 6) is 0.378. The molecule has 0 heterocycles. The minimum Gasteiger partial charge on any atom is -0.489 e. The van der Waals surface area contributed by atoms with Crippen LogP contribution < -0.4 is 4.74 Å². The zero-order chi connectivity index (χ0) is 18.3. The second-order valence-corrected chi connectivity index (χ2v) is 7.46. The highest BCUT2D eigenvalue weighted by atomic mass is 79.9. The molecule has 4 nitrogen and oxygen atoms in total. The number of hydrogen-bond donors (Lipinski definition) is 0. The fraction of sp³-hybridized carbons (Fsp3) is 0.350. The molecule has 0 radical (unpaired) electrons. The van der Waals surface area contributed by atoms with Gasteiger partial charge in [0.1, 0.15) is 24.6 Å². The lowest BCUT2D eigenvalue weighted by atomic mass is 10.2. The molecule has 0 atom stereocenters. The van der Waals surface area contributed by atoms with Crippen molar-refractivity contribution in [2.24, 2.45) is 0 Å². The number of carbonyl (C=O) groups is 1. The van der Waals surface area contributed by atoms with E-state index in [0.29, 0.717) is 13.2 Å². The average molecular weight is 407 g/mol. The maximum Gasteiger partial charge on any atom is 0.332 e. The molecule has 0 aliphatic carbocycles. The molecule has 0 fully saturated rings. The highest BCUT2D eigenvalue weighted by Gasteiger charge is 2.16. The molecule has 2 aromatic carbocycles. The first-order valence-electron chi connectivity index (χ1n) is 8.08. The van der Waals surface area contributed by atoms with Crippen molar-refractivity contribution in [3.8, 4) is 5.75 Å². The van der Waals surface area contributed by atoms with E-state index >= 15 is 0 Å². The second-order valence-electron chi connectivity index (χ2n) is 6.61. The molecule has 0 N–H and O–H groups in total. The normalized spacial score (nSPS) is 11.2. The van der Waals surface area contributed by atoms with E-state index in [2.05, 4.69) is 15.9 Å². The lowest BCUT2D eigenvalue weighted by Crippen LogP contribution is -2.26. The molecule has 2 rings (SSSR count). The summed E-state index contributed by atoms with van der Waals surface area (Å²) in [6.45, 7) is 6.20. The minimum absolute atomic E-state index is 0.0845. The van der Waals surface area contributed by atoms with Gasteiger partial charge in [-0.15, -0.1) is 0 Å². The van der Waals surface area contributed by atoms with Crippen LogP contribution in [0.25, 0.3) is 0 Å². The topological polar surface area (TPSA) is 44.8 Å². The molecule has 5 heteroatoms. The summed E-state index contributed by atoms with van der Waals surface area (Å²) in [4.78, 5) is 11.7. The van der Waals surface area contributed by atoms with Gasteiger partial charge in [-0.1, -0.05) is 46.3 Å². The summed E-state index contributed by atoms with van der Waals surface area (Å²) >= 11 is 3.49. The van der Waals surface area contributed by atoms with Gasteiger partial charge in [0, 0.05) is 4.47 Å². The van der Waals surface area contributed by atoms with Crippen LogP contribution in [0.4, 0.5) is 0 Å². The Balaban J connectivity index is 1.87. The molecule has 0 unspecified atom stereocenters. The number of hydrogen-bond acceptors (Lipinski definition) is 4. The summed E-state index contributed by atoms with van der Waals surface area (Å²) in [6, 6.07) is 15.7. The molecular formula is C20H23BrO4. The summed E-state index contributed by atoms with van der Waals surface area (Å²) in [5.41, 5.74) is 1.51. The van der Waals surface area contributed by atoms with Crippen LogP contribution in [0.15, 0.2) is 53.0 Å². The van der Waals surface area contributed by atoms with Crippen molar-refractivity contribution in [2.75, 3.05) is 6.61 Å². The SMILES string of the molecule is CC(C)(C)OC(=O)COCc1cc(OCc2ccccc2)ccc1Br. The second kappa shape index (κ2) is 9.02. The summed E-state index contributed by atoms with van der Waals surface area (Å²) in [6.07, 6.45) is 0. The van der Waals surface area contributed by atoms with Gasteiger partial charge in [-0.2, -0.15) is 0 Å². The number of ether oxygens (including phenoxy) is 3. The molecule has 2 aromatic rings. The zero-order valence-corrected chi connectivity index (χ0v) is 16.3. The Kier molecular flexibility index (Phi) is 7.02. The molecule has 25 heavy (non-hydrogen) atoms. The van der Waals surface area contributed by atoms with E-state index in [9.17, 15) is 4.79 Å². The van der Waals surface area contributed by atoms with E-state index in [0.717, 1.165) is 21.3 Å². The molecule has 0 aromatic heterocycles. The van der Waals surface area contributed by atoms with Gasteiger partial charge in [-0.05, 0) is 50.1 Å². The fourth-order valence-corrected chi connectivity index (χ4v) is 2.47. The summed E-state index contributed by atoms with van der Waals surface area (Å²) in [7, 11) is 0. The fourth-order valence-electron chi connectivity index (χ4n) is 2.11. The smallest absolute Gasteiger partial charge is 0.332 e. The van der Waals surface area contributed by atoms with Crippen molar-refractivity contribution in [3.63, 3.8) is 0 Å². The van der Waals surface area contributed by atoms with Crippen molar-refractivity contribution in [2.45, 2.75) is 39.6 Å². The van der Waals surface area contributed by atoms with Gasteiger partial charge >= 0.3 is 5.97 Å². The van der Waals surface area contributed by atoms with E-state index in [1.54, 1.807) is 0 Å². The largest absolute Gasteiger partial charge is 0.489 e. The maximum atomic E-state index is 11.7. The molecular weight excluding hydrogens is 384 g/mol. The van der Waals surface area contributed by atoms with E-state index in [1.165, 1.54) is 0 Å². The van der Waals surface area contributed by atoms with Gasteiger partial charge in [-0.3, -0.25) is 0 Å².